The number of nitrogens with one attached hydrogen (secondary N) is 1. The minimum absolute atomic E-state index is 0.157. The summed E-state index contributed by atoms with van der Waals surface area (Å²) >= 11 is 9.53. The van der Waals surface area contributed by atoms with E-state index in [9.17, 15) is 4.39 Å². The molecular weight excluding hydrogens is 357 g/mol. The van der Waals surface area contributed by atoms with Gasteiger partial charge < -0.3 is 10.1 Å². The number of hydrogen-bond donors (Lipinski definition) is 1. The molecular formula is C16H16BrClFNO. The highest BCUT2D eigenvalue weighted by Gasteiger charge is 2.10. The standard InChI is InChI=1S/C16H16BrClFNO/c1-2-20-9-13-14(18)4-3-5-16(13)21-10-11-8-12(17)6-7-15(11)19/h3-8,20H,2,9-10H2,1H3. The molecule has 0 unspecified atom stereocenters. The van der Waals surface area contributed by atoms with Gasteiger partial charge in [-0.1, -0.05) is 40.5 Å². The first kappa shape index (κ1) is 16.3. The van der Waals surface area contributed by atoms with Gasteiger partial charge in [0.1, 0.15) is 18.2 Å². The SMILES string of the molecule is CCNCc1c(Cl)cccc1OCc1cc(Br)ccc1F. The molecule has 0 aliphatic carbocycles. The second-order valence-corrected chi connectivity index (χ2v) is 5.84. The van der Waals surface area contributed by atoms with Crippen LogP contribution in [0.1, 0.15) is 18.1 Å². The Morgan fingerprint density at radius 3 is 2.86 bits per heavy atom. The van der Waals surface area contributed by atoms with Crippen molar-refractivity contribution in [1.82, 2.24) is 5.32 Å². The van der Waals surface area contributed by atoms with Gasteiger partial charge in [-0.15, -0.1) is 0 Å². The fraction of sp³-hybridized carbons (Fsp3) is 0.250. The topological polar surface area (TPSA) is 21.3 Å². The molecule has 5 heteroatoms. The number of ether oxygens (including phenoxy) is 1. The highest BCUT2D eigenvalue weighted by atomic mass is 79.9. The quantitative estimate of drug-likeness (QED) is 0.776. The summed E-state index contributed by atoms with van der Waals surface area (Å²) in [5.74, 6) is 0.385. The monoisotopic (exact) mass is 371 g/mol. The van der Waals surface area contributed by atoms with Crippen molar-refractivity contribution < 1.29 is 9.13 Å². The highest BCUT2D eigenvalue weighted by Crippen LogP contribution is 2.27. The Balaban J connectivity index is 2.16. The maximum absolute atomic E-state index is 13.7. The van der Waals surface area contributed by atoms with Crippen molar-refractivity contribution in [3.05, 3.63) is 62.8 Å². The third-order valence-electron chi connectivity index (χ3n) is 3.02. The Kier molecular flexibility index (Phi) is 6.03. The van der Waals surface area contributed by atoms with Gasteiger partial charge in [-0.2, -0.15) is 0 Å². The molecule has 0 heterocycles. The van der Waals surface area contributed by atoms with Crippen molar-refractivity contribution in [3.8, 4) is 5.75 Å². The van der Waals surface area contributed by atoms with Gasteiger partial charge in [-0.05, 0) is 36.9 Å². The molecule has 0 aliphatic rings. The molecule has 0 spiro atoms. The third kappa shape index (κ3) is 4.43. The van der Waals surface area contributed by atoms with Crippen LogP contribution < -0.4 is 10.1 Å². The Bertz CT molecular complexity index is 621. The van der Waals surface area contributed by atoms with E-state index in [4.69, 9.17) is 16.3 Å². The van der Waals surface area contributed by atoms with Crippen LogP contribution in [0.5, 0.6) is 5.75 Å². The first-order chi connectivity index (χ1) is 10.1. The first-order valence-corrected chi connectivity index (χ1v) is 7.83. The molecule has 1 N–H and O–H groups in total. The molecule has 0 aliphatic heterocycles. The minimum Gasteiger partial charge on any atom is -0.488 e. The van der Waals surface area contributed by atoms with Crippen LogP contribution in [0.4, 0.5) is 4.39 Å². The smallest absolute Gasteiger partial charge is 0.129 e. The zero-order chi connectivity index (χ0) is 15.2. The van der Waals surface area contributed by atoms with E-state index >= 15 is 0 Å². The summed E-state index contributed by atoms with van der Waals surface area (Å²) < 4.78 is 20.3. The molecule has 0 fully saturated rings. The Labute approximate surface area is 137 Å². The third-order valence-corrected chi connectivity index (χ3v) is 3.87. The van der Waals surface area contributed by atoms with E-state index in [0.717, 1.165) is 16.6 Å². The van der Waals surface area contributed by atoms with Gasteiger partial charge in [0, 0.05) is 27.2 Å². The normalized spacial score (nSPS) is 10.7. The Morgan fingerprint density at radius 1 is 1.29 bits per heavy atom. The van der Waals surface area contributed by atoms with Crippen molar-refractivity contribution in [1.29, 1.82) is 0 Å². The highest BCUT2D eigenvalue weighted by molar-refractivity contribution is 9.10. The van der Waals surface area contributed by atoms with Gasteiger partial charge in [0.05, 0.1) is 0 Å². The first-order valence-electron chi connectivity index (χ1n) is 6.66. The van der Waals surface area contributed by atoms with Gasteiger partial charge in [0.2, 0.25) is 0 Å². The minimum atomic E-state index is -0.284. The molecule has 21 heavy (non-hydrogen) atoms. The van der Waals surface area contributed by atoms with Crippen LogP contribution in [0.2, 0.25) is 5.02 Å². The molecule has 2 aromatic rings. The molecule has 112 valence electrons. The lowest BCUT2D eigenvalue weighted by molar-refractivity contribution is 0.296. The van der Waals surface area contributed by atoms with Crippen LogP contribution in [0.15, 0.2) is 40.9 Å². The lowest BCUT2D eigenvalue weighted by Gasteiger charge is -2.14. The molecule has 0 radical (unpaired) electrons. The van der Waals surface area contributed by atoms with Gasteiger partial charge >= 0.3 is 0 Å². The van der Waals surface area contributed by atoms with Crippen molar-refractivity contribution >= 4 is 27.5 Å². The summed E-state index contributed by atoms with van der Waals surface area (Å²) in [5, 5.41) is 3.86. The van der Waals surface area contributed by atoms with Crippen LogP contribution in [0.3, 0.4) is 0 Å². The zero-order valence-corrected chi connectivity index (χ0v) is 14.0. The lowest BCUT2D eigenvalue weighted by Crippen LogP contribution is -2.13. The van der Waals surface area contributed by atoms with Crippen molar-refractivity contribution in [2.45, 2.75) is 20.1 Å². The maximum atomic E-state index is 13.7. The van der Waals surface area contributed by atoms with Crippen LogP contribution >= 0.6 is 27.5 Å². The van der Waals surface area contributed by atoms with Crippen molar-refractivity contribution in [3.63, 3.8) is 0 Å². The summed E-state index contributed by atoms with van der Waals surface area (Å²) in [6.45, 7) is 3.64. The summed E-state index contributed by atoms with van der Waals surface area (Å²) in [7, 11) is 0. The molecule has 0 aromatic heterocycles. The van der Waals surface area contributed by atoms with Crippen molar-refractivity contribution in [2.24, 2.45) is 0 Å². The number of rotatable bonds is 6. The number of hydrogen-bond acceptors (Lipinski definition) is 2. The van der Waals surface area contributed by atoms with Gasteiger partial charge in [0.15, 0.2) is 0 Å². The Morgan fingerprint density at radius 2 is 2.10 bits per heavy atom. The second kappa shape index (κ2) is 7.78. The summed E-state index contributed by atoms with van der Waals surface area (Å²) in [6, 6.07) is 10.3. The largest absolute Gasteiger partial charge is 0.488 e. The average molecular weight is 373 g/mol. The van der Waals surface area contributed by atoms with Crippen LogP contribution in [0, 0.1) is 5.82 Å². The number of halogens is 3. The molecule has 0 bridgehead atoms. The fourth-order valence-electron chi connectivity index (χ4n) is 1.91. The molecule has 2 rings (SSSR count). The molecule has 2 aromatic carbocycles. The fourth-order valence-corrected chi connectivity index (χ4v) is 2.55. The van der Waals surface area contributed by atoms with Gasteiger partial charge in [-0.3, -0.25) is 0 Å². The Hall–Kier alpha value is -1.10. The molecule has 0 atom stereocenters. The average Bonchev–Trinajstić information content (AvgIpc) is 2.47. The van der Waals surface area contributed by atoms with Crippen LogP contribution in [0.25, 0.3) is 0 Å². The van der Waals surface area contributed by atoms with E-state index in [2.05, 4.69) is 21.2 Å². The molecule has 0 saturated heterocycles. The van der Waals surface area contributed by atoms with Crippen LogP contribution in [-0.2, 0) is 13.2 Å². The van der Waals surface area contributed by atoms with E-state index in [1.807, 2.05) is 25.1 Å². The van der Waals surface area contributed by atoms with E-state index in [0.29, 0.717) is 22.9 Å². The molecule has 2 nitrogen and oxygen atoms in total. The zero-order valence-electron chi connectivity index (χ0n) is 11.6. The second-order valence-electron chi connectivity index (χ2n) is 4.52. The number of benzene rings is 2. The summed E-state index contributed by atoms with van der Waals surface area (Å²) in [6.07, 6.45) is 0. The predicted octanol–water partition coefficient (Wildman–Crippen LogP) is 4.93. The van der Waals surface area contributed by atoms with Gasteiger partial charge in [-0.25, -0.2) is 4.39 Å². The molecule has 0 amide bonds. The van der Waals surface area contributed by atoms with E-state index < -0.39 is 0 Å². The lowest BCUT2D eigenvalue weighted by atomic mass is 10.2. The van der Waals surface area contributed by atoms with Crippen LogP contribution in [-0.4, -0.2) is 6.54 Å². The predicted molar refractivity (Wildman–Crippen MR) is 87.3 cm³/mol. The van der Waals surface area contributed by atoms with Crippen molar-refractivity contribution in [2.75, 3.05) is 6.54 Å². The van der Waals surface area contributed by atoms with E-state index in [1.54, 1.807) is 12.1 Å². The maximum Gasteiger partial charge on any atom is 0.129 e. The summed E-state index contributed by atoms with van der Waals surface area (Å²) in [5.41, 5.74) is 1.38. The summed E-state index contributed by atoms with van der Waals surface area (Å²) in [4.78, 5) is 0. The molecule has 0 saturated carbocycles. The van der Waals surface area contributed by atoms with Gasteiger partial charge in [0.25, 0.3) is 0 Å². The van der Waals surface area contributed by atoms with E-state index in [-0.39, 0.29) is 12.4 Å². The van der Waals surface area contributed by atoms with E-state index in [1.165, 1.54) is 6.07 Å².